The zero-order valence-corrected chi connectivity index (χ0v) is 10.2. The number of hydrogen-bond donors (Lipinski definition) is 1. The lowest BCUT2D eigenvalue weighted by molar-refractivity contribution is 0.185. The quantitative estimate of drug-likeness (QED) is 0.888. The Bertz CT molecular complexity index is 547. The van der Waals surface area contributed by atoms with Gasteiger partial charge in [0, 0.05) is 12.8 Å². The van der Waals surface area contributed by atoms with Crippen LogP contribution in [-0.4, -0.2) is 33.4 Å². The summed E-state index contributed by atoms with van der Waals surface area (Å²) in [6, 6.07) is 3.64. The van der Waals surface area contributed by atoms with Gasteiger partial charge in [-0.1, -0.05) is 11.6 Å². The van der Waals surface area contributed by atoms with Crippen LogP contribution in [0.2, 0.25) is 5.02 Å². The van der Waals surface area contributed by atoms with Gasteiger partial charge in [0.2, 0.25) is 5.95 Å². The molecule has 1 fully saturated rings. The fourth-order valence-corrected chi connectivity index (χ4v) is 2.10. The topological polar surface area (TPSA) is 51.5 Å². The first kappa shape index (κ1) is 10.8. The molecule has 6 heteroatoms. The van der Waals surface area contributed by atoms with E-state index in [-0.39, 0.29) is 5.54 Å². The molecule has 1 unspecified atom stereocenters. The van der Waals surface area contributed by atoms with Gasteiger partial charge in [-0.2, -0.15) is 4.98 Å². The van der Waals surface area contributed by atoms with E-state index in [2.05, 4.69) is 22.3 Å². The molecule has 1 aliphatic rings. The van der Waals surface area contributed by atoms with E-state index in [0.29, 0.717) is 17.6 Å². The molecular formula is C11H13ClN4O. The Balaban J connectivity index is 1.90. The molecule has 1 saturated heterocycles. The minimum Gasteiger partial charge on any atom is -0.379 e. The number of anilines is 1. The maximum Gasteiger partial charge on any atom is 0.243 e. The van der Waals surface area contributed by atoms with E-state index < -0.39 is 0 Å². The lowest BCUT2D eigenvalue weighted by Gasteiger charge is -2.21. The zero-order valence-electron chi connectivity index (χ0n) is 9.48. The number of aromatic nitrogens is 3. The number of nitrogens with zero attached hydrogens (tertiary/aromatic N) is 3. The molecule has 2 aromatic heterocycles. The molecule has 2 aromatic rings. The van der Waals surface area contributed by atoms with Crippen LogP contribution in [0.25, 0.3) is 5.65 Å². The second kappa shape index (κ2) is 3.85. The Morgan fingerprint density at radius 2 is 2.41 bits per heavy atom. The van der Waals surface area contributed by atoms with Crippen molar-refractivity contribution < 1.29 is 4.74 Å². The number of hydrogen-bond acceptors (Lipinski definition) is 4. The third kappa shape index (κ3) is 2.08. The van der Waals surface area contributed by atoms with Gasteiger partial charge in [-0.15, -0.1) is 5.10 Å². The van der Waals surface area contributed by atoms with E-state index >= 15 is 0 Å². The Hall–Kier alpha value is -1.33. The Morgan fingerprint density at radius 3 is 3.18 bits per heavy atom. The standard InChI is InChI=1S/C11H13ClN4O/c1-11(4-5-17-7-11)14-10-13-9-3-2-8(12)6-16(9)15-10/h2-3,6H,4-5,7H2,1H3,(H,14,15). The maximum atomic E-state index is 5.90. The highest BCUT2D eigenvalue weighted by molar-refractivity contribution is 6.30. The average molecular weight is 253 g/mol. The number of ether oxygens (including phenoxy) is 1. The summed E-state index contributed by atoms with van der Waals surface area (Å²) in [5.74, 6) is 0.611. The summed E-state index contributed by atoms with van der Waals surface area (Å²) in [4.78, 5) is 4.39. The van der Waals surface area contributed by atoms with Crippen LogP contribution in [0.1, 0.15) is 13.3 Å². The van der Waals surface area contributed by atoms with Crippen LogP contribution < -0.4 is 5.32 Å². The normalized spacial score (nSPS) is 24.4. The Kier molecular flexibility index (Phi) is 2.45. The van der Waals surface area contributed by atoms with Crippen molar-refractivity contribution >= 4 is 23.2 Å². The molecule has 0 spiro atoms. The summed E-state index contributed by atoms with van der Waals surface area (Å²) >= 11 is 5.90. The fraction of sp³-hybridized carbons (Fsp3) is 0.455. The summed E-state index contributed by atoms with van der Waals surface area (Å²) in [6.07, 6.45) is 2.70. The van der Waals surface area contributed by atoms with Gasteiger partial charge >= 0.3 is 0 Å². The number of pyridine rings is 1. The molecule has 90 valence electrons. The second-order valence-electron chi connectivity index (χ2n) is 4.57. The Labute approximate surface area is 104 Å². The third-order valence-corrected chi connectivity index (χ3v) is 3.15. The highest BCUT2D eigenvalue weighted by Crippen LogP contribution is 2.22. The minimum atomic E-state index is -0.0747. The average Bonchev–Trinajstić information content (AvgIpc) is 2.84. The summed E-state index contributed by atoms with van der Waals surface area (Å²) in [7, 11) is 0. The van der Waals surface area contributed by atoms with Gasteiger partial charge in [-0.05, 0) is 25.5 Å². The largest absolute Gasteiger partial charge is 0.379 e. The van der Waals surface area contributed by atoms with Gasteiger partial charge < -0.3 is 10.1 Å². The van der Waals surface area contributed by atoms with Crippen molar-refractivity contribution in [3.8, 4) is 0 Å². The lowest BCUT2D eigenvalue weighted by atomic mass is 10.0. The van der Waals surface area contributed by atoms with E-state index in [1.54, 1.807) is 16.8 Å². The van der Waals surface area contributed by atoms with E-state index in [1.807, 2.05) is 6.07 Å². The van der Waals surface area contributed by atoms with Crippen molar-refractivity contribution in [3.05, 3.63) is 23.4 Å². The van der Waals surface area contributed by atoms with E-state index in [4.69, 9.17) is 16.3 Å². The van der Waals surface area contributed by atoms with Crippen LogP contribution >= 0.6 is 11.6 Å². The van der Waals surface area contributed by atoms with Crippen molar-refractivity contribution in [1.29, 1.82) is 0 Å². The Morgan fingerprint density at radius 1 is 1.53 bits per heavy atom. The smallest absolute Gasteiger partial charge is 0.243 e. The molecule has 0 amide bonds. The zero-order chi connectivity index (χ0) is 11.9. The highest BCUT2D eigenvalue weighted by atomic mass is 35.5. The van der Waals surface area contributed by atoms with Crippen LogP contribution in [0.3, 0.4) is 0 Å². The van der Waals surface area contributed by atoms with Gasteiger partial charge in [0.25, 0.3) is 0 Å². The molecule has 17 heavy (non-hydrogen) atoms. The van der Waals surface area contributed by atoms with Gasteiger partial charge in [-0.3, -0.25) is 0 Å². The van der Waals surface area contributed by atoms with Crippen molar-refractivity contribution in [3.63, 3.8) is 0 Å². The van der Waals surface area contributed by atoms with E-state index in [9.17, 15) is 0 Å². The third-order valence-electron chi connectivity index (χ3n) is 2.93. The summed E-state index contributed by atoms with van der Waals surface area (Å²) in [6.45, 7) is 3.57. The molecule has 1 aliphatic heterocycles. The van der Waals surface area contributed by atoms with Gasteiger partial charge in [0.1, 0.15) is 0 Å². The van der Waals surface area contributed by atoms with Gasteiger partial charge in [0.15, 0.2) is 5.65 Å². The van der Waals surface area contributed by atoms with Crippen LogP contribution in [0.4, 0.5) is 5.95 Å². The molecule has 3 heterocycles. The number of halogens is 1. The first-order chi connectivity index (χ1) is 8.15. The second-order valence-corrected chi connectivity index (χ2v) is 5.01. The number of rotatable bonds is 2. The molecule has 0 aromatic carbocycles. The first-order valence-corrected chi connectivity index (χ1v) is 5.90. The summed E-state index contributed by atoms with van der Waals surface area (Å²) in [5.41, 5.74) is 0.703. The predicted molar refractivity (Wildman–Crippen MR) is 65.5 cm³/mol. The number of nitrogens with one attached hydrogen (secondary N) is 1. The molecule has 0 radical (unpaired) electrons. The van der Waals surface area contributed by atoms with Crippen LogP contribution in [-0.2, 0) is 4.74 Å². The van der Waals surface area contributed by atoms with Crippen molar-refractivity contribution in [2.45, 2.75) is 18.9 Å². The van der Waals surface area contributed by atoms with Gasteiger partial charge in [-0.25, -0.2) is 4.52 Å². The first-order valence-electron chi connectivity index (χ1n) is 5.53. The van der Waals surface area contributed by atoms with E-state index in [0.717, 1.165) is 18.7 Å². The summed E-state index contributed by atoms with van der Waals surface area (Å²) in [5, 5.41) is 8.29. The van der Waals surface area contributed by atoms with Crippen molar-refractivity contribution in [2.24, 2.45) is 0 Å². The monoisotopic (exact) mass is 252 g/mol. The lowest BCUT2D eigenvalue weighted by Crippen LogP contribution is -2.35. The highest BCUT2D eigenvalue weighted by Gasteiger charge is 2.30. The molecule has 0 saturated carbocycles. The molecule has 1 atom stereocenters. The molecule has 0 aliphatic carbocycles. The minimum absolute atomic E-state index is 0.0747. The SMILES string of the molecule is CC1(Nc2nc3ccc(Cl)cn3n2)CCOC1. The molecule has 0 bridgehead atoms. The van der Waals surface area contributed by atoms with Gasteiger partial charge in [0.05, 0.1) is 17.2 Å². The number of fused-ring (bicyclic) bond motifs is 1. The molecule has 5 nitrogen and oxygen atoms in total. The van der Waals surface area contributed by atoms with Crippen LogP contribution in [0, 0.1) is 0 Å². The predicted octanol–water partition coefficient (Wildman–Crippen LogP) is 1.97. The molecular weight excluding hydrogens is 240 g/mol. The van der Waals surface area contributed by atoms with Crippen molar-refractivity contribution in [2.75, 3.05) is 18.5 Å². The molecule has 1 N–H and O–H groups in total. The van der Waals surface area contributed by atoms with Crippen LogP contribution in [0.5, 0.6) is 0 Å². The maximum absolute atomic E-state index is 5.90. The summed E-state index contributed by atoms with van der Waals surface area (Å²) < 4.78 is 7.05. The molecule has 3 rings (SSSR count). The van der Waals surface area contributed by atoms with Crippen molar-refractivity contribution in [1.82, 2.24) is 14.6 Å². The van der Waals surface area contributed by atoms with Crippen LogP contribution in [0.15, 0.2) is 18.3 Å². The van der Waals surface area contributed by atoms with E-state index in [1.165, 1.54) is 0 Å². The fourth-order valence-electron chi connectivity index (χ4n) is 1.95.